The molecule has 108 valence electrons. The lowest BCUT2D eigenvalue weighted by Gasteiger charge is -2.07. The number of rotatable bonds is 5. The first-order valence-electron chi connectivity index (χ1n) is 5.98. The molecule has 0 heterocycles. The normalized spacial score (nSPS) is 11.3. The molecule has 0 spiro atoms. The molecular formula is C14H13F3O3. The third kappa shape index (κ3) is 3.46. The third-order valence-electron chi connectivity index (χ3n) is 2.40. The Bertz CT molecular complexity index is 565. The van der Waals surface area contributed by atoms with E-state index >= 15 is 0 Å². The van der Waals surface area contributed by atoms with Gasteiger partial charge in [0.05, 0.1) is 12.2 Å². The first-order valence-corrected chi connectivity index (χ1v) is 5.98. The molecule has 0 aliphatic carbocycles. The molecule has 0 N–H and O–H groups in total. The van der Waals surface area contributed by atoms with Gasteiger partial charge >= 0.3 is 5.97 Å². The molecule has 1 rings (SSSR count). The quantitative estimate of drug-likeness (QED) is 0.208. The highest BCUT2D eigenvalue weighted by atomic mass is 19.2. The number of allylic oxidation sites excluding steroid dienone is 1. The van der Waals surface area contributed by atoms with Gasteiger partial charge in [-0.05, 0) is 19.4 Å². The van der Waals surface area contributed by atoms with Crippen molar-refractivity contribution < 1.29 is 27.5 Å². The molecule has 0 saturated heterocycles. The third-order valence-corrected chi connectivity index (χ3v) is 2.40. The van der Waals surface area contributed by atoms with Crippen LogP contribution in [0.3, 0.4) is 0 Å². The Morgan fingerprint density at radius 3 is 2.25 bits per heavy atom. The van der Waals surface area contributed by atoms with Crippen LogP contribution in [0, 0.1) is 17.5 Å². The Morgan fingerprint density at radius 2 is 1.70 bits per heavy atom. The van der Waals surface area contributed by atoms with Crippen molar-refractivity contribution in [2.75, 3.05) is 6.61 Å². The summed E-state index contributed by atoms with van der Waals surface area (Å²) in [5.41, 5.74) is -1.11. The van der Waals surface area contributed by atoms with Crippen LogP contribution < -0.4 is 0 Å². The maximum Gasteiger partial charge on any atom is 0.341 e. The predicted molar refractivity (Wildman–Crippen MR) is 65.7 cm³/mol. The minimum absolute atomic E-state index is 0.0351. The summed E-state index contributed by atoms with van der Waals surface area (Å²) >= 11 is 0. The van der Waals surface area contributed by atoms with Crippen molar-refractivity contribution in [3.63, 3.8) is 0 Å². The molecule has 0 aliphatic heterocycles. The summed E-state index contributed by atoms with van der Waals surface area (Å²) in [5, 5.41) is 0. The summed E-state index contributed by atoms with van der Waals surface area (Å²) in [4.78, 5) is 23.6. The van der Waals surface area contributed by atoms with Gasteiger partial charge in [-0.2, -0.15) is 0 Å². The van der Waals surface area contributed by atoms with E-state index in [4.69, 9.17) is 0 Å². The number of ether oxygens (including phenoxy) is 1. The molecule has 3 nitrogen and oxygen atoms in total. The van der Waals surface area contributed by atoms with Gasteiger partial charge in [0.2, 0.25) is 5.78 Å². The fourth-order valence-corrected chi connectivity index (χ4v) is 1.52. The first-order chi connectivity index (χ1) is 9.42. The Balaban J connectivity index is 3.23. The van der Waals surface area contributed by atoms with Crippen molar-refractivity contribution in [1.82, 2.24) is 0 Å². The van der Waals surface area contributed by atoms with Crippen molar-refractivity contribution in [1.29, 1.82) is 0 Å². The highest BCUT2D eigenvalue weighted by Gasteiger charge is 2.24. The molecule has 0 aromatic heterocycles. The van der Waals surface area contributed by atoms with Gasteiger partial charge in [0.25, 0.3) is 0 Å². The largest absolute Gasteiger partial charge is 0.462 e. The summed E-state index contributed by atoms with van der Waals surface area (Å²) in [6.07, 6.45) is 1.58. The molecule has 1 aromatic rings. The Labute approximate surface area is 114 Å². The van der Waals surface area contributed by atoms with Gasteiger partial charge in [-0.3, -0.25) is 4.79 Å². The molecule has 0 radical (unpaired) electrons. The average molecular weight is 286 g/mol. The maximum absolute atomic E-state index is 13.5. The van der Waals surface area contributed by atoms with Crippen molar-refractivity contribution in [2.24, 2.45) is 0 Å². The summed E-state index contributed by atoms with van der Waals surface area (Å²) in [7, 11) is 0. The number of hydrogen-bond acceptors (Lipinski definition) is 3. The van der Waals surface area contributed by atoms with Gasteiger partial charge in [0.15, 0.2) is 11.6 Å². The predicted octanol–water partition coefficient (Wildman–Crippen LogP) is 3.19. The summed E-state index contributed by atoms with van der Waals surface area (Å²) in [5.74, 6) is -5.98. The Kier molecular flexibility index (Phi) is 5.49. The summed E-state index contributed by atoms with van der Waals surface area (Å²) in [6.45, 7) is 3.24. The topological polar surface area (TPSA) is 43.4 Å². The summed E-state index contributed by atoms with van der Waals surface area (Å²) in [6, 6.07) is 0.688. The van der Waals surface area contributed by atoms with Crippen LogP contribution in [0.25, 0.3) is 0 Å². The molecule has 0 bridgehead atoms. The lowest BCUT2D eigenvalue weighted by atomic mass is 10.0. The molecule has 0 unspecified atom stereocenters. The number of carbonyl (C=O) groups is 2. The average Bonchev–Trinajstić information content (AvgIpc) is 2.39. The monoisotopic (exact) mass is 286 g/mol. The van der Waals surface area contributed by atoms with Crippen LogP contribution in [0.1, 0.15) is 30.6 Å². The number of benzene rings is 1. The highest BCUT2D eigenvalue weighted by Crippen LogP contribution is 2.18. The fraction of sp³-hybridized carbons (Fsp3) is 0.286. The Hall–Kier alpha value is -2.11. The van der Waals surface area contributed by atoms with Gasteiger partial charge in [-0.15, -0.1) is 0 Å². The number of esters is 1. The van der Waals surface area contributed by atoms with E-state index in [2.05, 4.69) is 4.74 Å². The molecule has 20 heavy (non-hydrogen) atoms. The number of ketones is 1. The second-order valence-electron chi connectivity index (χ2n) is 3.82. The molecule has 0 atom stereocenters. The SMILES string of the molecule is CCC=C(C(=O)OCC)C(=O)c1cc(F)c(F)cc1F. The molecular weight excluding hydrogens is 273 g/mol. The summed E-state index contributed by atoms with van der Waals surface area (Å²) < 4.78 is 44.1. The van der Waals surface area contributed by atoms with Gasteiger partial charge in [-0.25, -0.2) is 18.0 Å². The highest BCUT2D eigenvalue weighted by molar-refractivity contribution is 6.24. The van der Waals surface area contributed by atoms with E-state index in [0.717, 1.165) is 0 Å². The molecule has 0 saturated carbocycles. The molecule has 1 aromatic carbocycles. The zero-order valence-corrected chi connectivity index (χ0v) is 11.0. The van der Waals surface area contributed by atoms with E-state index in [1.165, 1.54) is 6.08 Å². The van der Waals surface area contributed by atoms with Gasteiger partial charge < -0.3 is 4.74 Å². The minimum Gasteiger partial charge on any atom is -0.462 e. The van der Waals surface area contributed by atoms with Crippen LogP contribution in [0.15, 0.2) is 23.8 Å². The van der Waals surface area contributed by atoms with Crippen LogP contribution in [0.4, 0.5) is 13.2 Å². The fourth-order valence-electron chi connectivity index (χ4n) is 1.52. The van der Waals surface area contributed by atoms with Gasteiger partial charge in [0.1, 0.15) is 11.4 Å². The Morgan fingerprint density at radius 1 is 1.10 bits per heavy atom. The smallest absolute Gasteiger partial charge is 0.341 e. The molecule has 6 heteroatoms. The van der Waals surface area contributed by atoms with Crippen LogP contribution in [0.2, 0.25) is 0 Å². The van der Waals surface area contributed by atoms with E-state index in [-0.39, 0.29) is 12.7 Å². The number of Topliss-reactive ketones (excluding diaryl/α,β-unsaturated/α-hetero) is 1. The number of hydrogen-bond donors (Lipinski definition) is 0. The van der Waals surface area contributed by atoms with Crippen LogP contribution in [0.5, 0.6) is 0 Å². The van der Waals surface area contributed by atoms with Gasteiger partial charge in [-0.1, -0.05) is 13.0 Å². The molecule has 0 amide bonds. The van der Waals surface area contributed by atoms with E-state index in [9.17, 15) is 22.8 Å². The van der Waals surface area contributed by atoms with Crippen molar-refractivity contribution in [2.45, 2.75) is 20.3 Å². The lowest BCUT2D eigenvalue weighted by Crippen LogP contribution is -2.17. The minimum atomic E-state index is -1.41. The zero-order chi connectivity index (χ0) is 15.3. The molecule has 0 fully saturated rings. The van der Waals surface area contributed by atoms with Crippen LogP contribution in [-0.2, 0) is 9.53 Å². The first kappa shape index (κ1) is 15.9. The van der Waals surface area contributed by atoms with E-state index in [0.29, 0.717) is 12.5 Å². The number of carbonyl (C=O) groups excluding carboxylic acids is 2. The van der Waals surface area contributed by atoms with Crippen molar-refractivity contribution in [3.8, 4) is 0 Å². The second kappa shape index (κ2) is 6.88. The zero-order valence-electron chi connectivity index (χ0n) is 11.0. The van der Waals surface area contributed by atoms with E-state index in [1.54, 1.807) is 13.8 Å². The molecule has 0 aliphatic rings. The van der Waals surface area contributed by atoms with E-state index in [1.807, 2.05) is 0 Å². The lowest BCUT2D eigenvalue weighted by molar-refractivity contribution is -0.138. The number of halogens is 3. The maximum atomic E-state index is 13.5. The van der Waals surface area contributed by atoms with E-state index < -0.39 is 40.3 Å². The second-order valence-corrected chi connectivity index (χ2v) is 3.82. The standard InChI is InChI=1S/C14H13F3O3/c1-3-5-8(14(19)20-4-2)13(18)9-6-11(16)12(17)7-10(9)15/h5-7H,3-4H2,1-2H3. The van der Waals surface area contributed by atoms with Crippen molar-refractivity contribution in [3.05, 3.63) is 46.8 Å². The van der Waals surface area contributed by atoms with Crippen LogP contribution >= 0.6 is 0 Å². The van der Waals surface area contributed by atoms with Gasteiger partial charge in [0, 0.05) is 6.07 Å². The van der Waals surface area contributed by atoms with Crippen LogP contribution in [-0.4, -0.2) is 18.4 Å². The van der Waals surface area contributed by atoms with Crippen molar-refractivity contribution >= 4 is 11.8 Å².